The van der Waals surface area contributed by atoms with Gasteiger partial charge in [0.15, 0.2) is 5.82 Å². The van der Waals surface area contributed by atoms with E-state index in [4.69, 9.17) is 9.98 Å². The van der Waals surface area contributed by atoms with Gasteiger partial charge in [0.1, 0.15) is 5.82 Å². The Morgan fingerprint density at radius 2 is 1.66 bits per heavy atom. The molecule has 3 aromatic rings. The minimum Gasteiger partial charge on any atom is -0.351 e. The molecule has 3 heterocycles. The first-order valence-corrected chi connectivity index (χ1v) is 21.3. The summed E-state index contributed by atoms with van der Waals surface area (Å²) in [5, 5.41) is 6.51. The third-order valence-corrected chi connectivity index (χ3v) is 14.1. The first-order valence-electron chi connectivity index (χ1n) is 18.8. The number of aryl methyl sites for hydroxylation is 1. The van der Waals surface area contributed by atoms with Gasteiger partial charge in [-0.2, -0.15) is 0 Å². The highest BCUT2D eigenvalue weighted by molar-refractivity contribution is 8.14. The number of thioether (sulfide) groups is 1. The number of aromatic nitrogens is 2. The molecule has 1 saturated carbocycles. The van der Waals surface area contributed by atoms with E-state index in [1.807, 2.05) is 6.92 Å². The number of hydrogen-bond donors (Lipinski definition) is 2. The van der Waals surface area contributed by atoms with Crippen molar-refractivity contribution in [3.05, 3.63) is 82.7 Å². The lowest BCUT2D eigenvalue weighted by Crippen LogP contribution is -2.43. The molecular formula is C40H50F2N6O3S2. The van der Waals surface area contributed by atoms with Gasteiger partial charge in [0.25, 0.3) is 5.91 Å². The monoisotopic (exact) mass is 764 g/mol. The van der Waals surface area contributed by atoms with Gasteiger partial charge in [-0.3, -0.25) is 4.79 Å². The summed E-state index contributed by atoms with van der Waals surface area (Å²) < 4.78 is 60.0. The lowest BCUT2D eigenvalue weighted by Gasteiger charge is -2.33. The maximum atomic E-state index is 16.5. The first kappa shape index (κ1) is 39.0. The number of rotatable bonds is 9. The number of halogens is 2. The van der Waals surface area contributed by atoms with Gasteiger partial charge in [-0.1, -0.05) is 65.2 Å². The van der Waals surface area contributed by atoms with E-state index in [-0.39, 0.29) is 33.5 Å². The minimum atomic E-state index is -3.34. The van der Waals surface area contributed by atoms with Gasteiger partial charge in [0.2, 0.25) is 16.0 Å². The molecule has 2 N–H and O–H groups in total. The zero-order valence-electron chi connectivity index (χ0n) is 31.1. The molecule has 0 atom stereocenters. The van der Waals surface area contributed by atoms with E-state index in [9.17, 15) is 17.6 Å². The van der Waals surface area contributed by atoms with Crippen LogP contribution in [0.2, 0.25) is 0 Å². The van der Waals surface area contributed by atoms with E-state index in [1.54, 1.807) is 52.6 Å². The smallest absolute Gasteiger partial charge is 0.258 e. The topological polar surface area (TPSA) is 117 Å². The second-order valence-electron chi connectivity index (χ2n) is 15.1. The molecule has 0 unspecified atom stereocenters. The van der Waals surface area contributed by atoms with Crippen LogP contribution in [0.25, 0.3) is 11.3 Å². The molecule has 1 aliphatic carbocycles. The molecule has 0 spiro atoms. The van der Waals surface area contributed by atoms with Gasteiger partial charge < -0.3 is 10.6 Å². The van der Waals surface area contributed by atoms with Crippen LogP contribution in [-0.4, -0.2) is 63.8 Å². The second kappa shape index (κ2) is 16.8. The fraction of sp³-hybridized carbons (Fsp3) is 0.500. The second-order valence-corrected chi connectivity index (χ2v) is 18.3. The van der Waals surface area contributed by atoms with Crippen LogP contribution in [0.1, 0.15) is 113 Å². The number of nitrogens with one attached hydrogen (secondary N) is 2. The van der Waals surface area contributed by atoms with Gasteiger partial charge in [-0.05, 0) is 74.8 Å². The molecule has 284 valence electrons. The Morgan fingerprint density at radius 1 is 0.962 bits per heavy atom. The maximum Gasteiger partial charge on any atom is 0.258 e. The van der Waals surface area contributed by atoms with Crippen molar-refractivity contribution in [2.75, 3.05) is 29.5 Å². The lowest BCUT2D eigenvalue weighted by atomic mass is 9.95. The van der Waals surface area contributed by atoms with Crippen molar-refractivity contribution >= 4 is 55.6 Å². The van der Waals surface area contributed by atoms with Crippen LogP contribution in [-0.2, 0) is 16.4 Å². The number of nitrogens with zero attached hydrogens (tertiary/aromatic N) is 4. The largest absolute Gasteiger partial charge is 0.351 e. The van der Waals surface area contributed by atoms with Crippen molar-refractivity contribution < 1.29 is 22.0 Å². The summed E-state index contributed by atoms with van der Waals surface area (Å²) in [6.07, 6.45) is 9.82. The highest BCUT2D eigenvalue weighted by Crippen LogP contribution is 2.41. The number of benzene rings is 2. The zero-order valence-corrected chi connectivity index (χ0v) is 32.7. The molecular weight excluding hydrogens is 715 g/mol. The minimum absolute atomic E-state index is 0.0177. The van der Waals surface area contributed by atoms with Gasteiger partial charge in [0, 0.05) is 47.6 Å². The van der Waals surface area contributed by atoms with E-state index in [0.717, 1.165) is 30.7 Å². The predicted molar refractivity (Wildman–Crippen MR) is 212 cm³/mol. The summed E-state index contributed by atoms with van der Waals surface area (Å²) in [5.74, 6) is -1.17. The molecule has 2 fully saturated rings. The predicted octanol–water partition coefficient (Wildman–Crippen LogP) is 8.95. The van der Waals surface area contributed by atoms with Crippen molar-refractivity contribution in [1.82, 2.24) is 14.3 Å². The number of carbonyl (C=O) groups excluding carboxylic acids is 1. The molecule has 0 bridgehead atoms. The number of sulfonamides is 1. The molecule has 53 heavy (non-hydrogen) atoms. The zero-order chi connectivity index (χ0) is 37.8. The number of aliphatic imine (C=N–C) groups is 1. The Morgan fingerprint density at radius 3 is 2.36 bits per heavy atom. The standard InChI is InChI=1S/C40H50F2N6O3S2/c1-5-26-13-11-15-31(41)34(26)37(49)45-33-16-12-14-29(35(33)42)36-30(25-52-38(47-36)40(2,3)4)32-21-22-43-39(46-32)44-27-17-19-28(20-18-27)53(50,51)48-23-9-7-6-8-10-24-48/h11-16,21-22,27-28H,5-10,17-20,23-25H2,1-4H3,(H,45,49)(H,43,44,46). The molecule has 1 amide bonds. The van der Waals surface area contributed by atoms with Crippen LogP contribution in [0.15, 0.2) is 53.7 Å². The Kier molecular flexibility index (Phi) is 12.3. The van der Waals surface area contributed by atoms with Crippen LogP contribution in [0, 0.1) is 17.0 Å². The third kappa shape index (κ3) is 9.00. The van der Waals surface area contributed by atoms with E-state index < -0.39 is 27.6 Å². The van der Waals surface area contributed by atoms with Crippen molar-refractivity contribution in [3.63, 3.8) is 0 Å². The number of amides is 1. The van der Waals surface area contributed by atoms with Crippen LogP contribution >= 0.6 is 11.8 Å². The van der Waals surface area contributed by atoms with Crippen LogP contribution in [0.4, 0.5) is 20.4 Å². The normalized spacial score (nSPS) is 20.7. The highest BCUT2D eigenvalue weighted by atomic mass is 32.2. The first-order chi connectivity index (χ1) is 25.4. The SMILES string of the molecule is CCc1cccc(F)c1C(=O)Nc1cccc(C2=C(c3ccnc(NC4CCC(S(=O)(=O)N5CCCCCCC5)CC4)n3)CSC(C(C)(C)C)=N2)c1F. The van der Waals surface area contributed by atoms with Crippen LogP contribution < -0.4 is 10.6 Å². The van der Waals surface area contributed by atoms with Crippen molar-refractivity contribution in [2.45, 2.75) is 103 Å². The van der Waals surface area contributed by atoms with Gasteiger partial charge in [-0.25, -0.2) is 36.5 Å². The molecule has 13 heteroatoms. The van der Waals surface area contributed by atoms with Gasteiger partial charge in [-0.15, -0.1) is 11.8 Å². The van der Waals surface area contributed by atoms with E-state index in [0.29, 0.717) is 79.4 Å². The van der Waals surface area contributed by atoms with Crippen molar-refractivity contribution in [1.29, 1.82) is 0 Å². The molecule has 1 saturated heterocycles. The van der Waals surface area contributed by atoms with Gasteiger partial charge >= 0.3 is 0 Å². The van der Waals surface area contributed by atoms with Gasteiger partial charge in [0.05, 0.1) is 32.9 Å². The van der Waals surface area contributed by atoms with Crippen molar-refractivity contribution in [3.8, 4) is 0 Å². The molecule has 0 radical (unpaired) electrons. The number of hydrogen-bond acceptors (Lipinski definition) is 8. The summed E-state index contributed by atoms with van der Waals surface area (Å²) in [4.78, 5) is 27.6. The van der Waals surface area contributed by atoms with E-state index in [2.05, 4.69) is 36.4 Å². The average molecular weight is 765 g/mol. The molecule has 2 aliphatic heterocycles. The Labute approximate surface area is 316 Å². The summed E-state index contributed by atoms with van der Waals surface area (Å²) in [5.41, 5.74) is 1.93. The lowest BCUT2D eigenvalue weighted by molar-refractivity contribution is 0.102. The Bertz CT molecular complexity index is 1980. The Hall–Kier alpha value is -3.68. The maximum absolute atomic E-state index is 16.5. The van der Waals surface area contributed by atoms with E-state index >= 15 is 4.39 Å². The van der Waals surface area contributed by atoms with Crippen LogP contribution in [0.5, 0.6) is 0 Å². The number of anilines is 2. The summed E-state index contributed by atoms with van der Waals surface area (Å²) >= 11 is 1.57. The number of carbonyl (C=O) groups is 1. The molecule has 2 aromatic carbocycles. The molecule has 3 aliphatic rings. The average Bonchev–Trinajstić information content (AvgIpc) is 3.12. The summed E-state index contributed by atoms with van der Waals surface area (Å²) in [6, 6.07) is 11.0. The third-order valence-electron chi connectivity index (χ3n) is 10.3. The van der Waals surface area contributed by atoms with E-state index in [1.165, 1.54) is 18.6 Å². The highest BCUT2D eigenvalue weighted by Gasteiger charge is 2.36. The fourth-order valence-electron chi connectivity index (χ4n) is 7.29. The molecule has 6 rings (SSSR count). The molecule has 9 nitrogen and oxygen atoms in total. The summed E-state index contributed by atoms with van der Waals surface area (Å²) in [7, 11) is -3.34. The quantitative estimate of drug-likeness (QED) is 0.224. The van der Waals surface area contributed by atoms with Crippen molar-refractivity contribution in [2.24, 2.45) is 10.4 Å². The van der Waals surface area contributed by atoms with Crippen LogP contribution in [0.3, 0.4) is 0 Å². The fourth-order valence-corrected chi connectivity index (χ4v) is 10.5. The summed E-state index contributed by atoms with van der Waals surface area (Å²) in [6.45, 7) is 9.22. The Balaban J connectivity index is 1.24. The molecule has 1 aromatic heterocycles.